The van der Waals surface area contributed by atoms with Gasteiger partial charge >= 0.3 is 0 Å². The number of nitrogens with one attached hydrogen (secondary N) is 2. The fourth-order valence-corrected chi connectivity index (χ4v) is 6.59. The van der Waals surface area contributed by atoms with E-state index >= 15 is 0 Å². The highest BCUT2D eigenvalue weighted by molar-refractivity contribution is 6.32. The lowest BCUT2D eigenvalue weighted by Crippen LogP contribution is -2.24. The molecule has 5 aromatic rings. The molecule has 0 unspecified atom stereocenters. The van der Waals surface area contributed by atoms with Gasteiger partial charge in [0.1, 0.15) is 36.5 Å². The van der Waals surface area contributed by atoms with E-state index in [9.17, 15) is 5.11 Å². The predicted octanol–water partition coefficient (Wildman–Crippen LogP) is 6.60. The first-order valence-corrected chi connectivity index (χ1v) is 17.9. The van der Waals surface area contributed by atoms with E-state index in [1.807, 2.05) is 43.3 Å². The van der Waals surface area contributed by atoms with E-state index in [-0.39, 0.29) is 18.5 Å². The van der Waals surface area contributed by atoms with Gasteiger partial charge in [-0.05, 0) is 79.6 Å². The molecule has 3 heterocycles. The number of ether oxygens (including phenoxy) is 3. The third kappa shape index (κ3) is 9.26. The van der Waals surface area contributed by atoms with E-state index in [0.29, 0.717) is 48.5 Å². The van der Waals surface area contributed by atoms with Crippen LogP contribution in [-0.2, 0) is 26.3 Å². The third-order valence-corrected chi connectivity index (χ3v) is 9.67. The van der Waals surface area contributed by atoms with E-state index in [4.69, 9.17) is 31.1 Å². The summed E-state index contributed by atoms with van der Waals surface area (Å²) in [6.07, 6.45) is 4.78. The number of hydrogen-bond acceptors (Lipinski definition) is 10. The van der Waals surface area contributed by atoms with E-state index in [2.05, 4.69) is 62.2 Å². The van der Waals surface area contributed by atoms with Crippen LogP contribution in [0.15, 0.2) is 67.1 Å². The Balaban J connectivity index is 1.14. The molecular formula is C40H44ClN7O4. The van der Waals surface area contributed by atoms with Gasteiger partial charge < -0.3 is 34.5 Å². The van der Waals surface area contributed by atoms with Crippen molar-refractivity contribution < 1.29 is 19.3 Å². The Labute approximate surface area is 309 Å². The molecule has 270 valence electrons. The maximum absolute atomic E-state index is 9.80. The number of aliphatic hydroxyl groups is 1. The second kappa shape index (κ2) is 17.5. The molecule has 1 atom stereocenters. The molecule has 0 spiro atoms. The summed E-state index contributed by atoms with van der Waals surface area (Å²) in [6.45, 7) is 10.9. The predicted molar refractivity (Wildman–Crippen MR) is 199 cm³/mol. The third-order valence-electron chi connectivity index (χ3n) is 9.38. The van der Waals surface area contributed by atoms with Crippen molar-refractivity contribution >= 4 is 11.6 Å². The first kappa shape index (κ1) is 36.8. The van der Waals surface area contributed by atoms with Crippen molar-refractivity contribution in [1.29, 1.82) is 5.26 Å². The minimum absolute atomic E-state index is 0.127. The quantitative estimate of drug-likeness (QED) is 0.0955. The van der Waals surface area contributed by atoms with E-state index < -0.39 is 0 Å². The lowest BCUT2D eigenvalue weighted by molar-refractivity contribution is 0.173. The van der Waals surface area contributed by atoms with Gasteiger partial charge in [0.25, 0.3) is 0 Å². The molecular weight excluding hydrogens is 678 g/mol. The molecule has 12 heteroatoms. The van der Waals surface area contributed by atoms with Crippen LogP contribution in [0.3, 0.4) is 0 Å². The van der Waals surface area contributed by atoms with Crippen molar-refractivity contribution in [3.05, 3.63) is 117 Å². The van der Waals surface area contributed by atoms with Crippen molar-refractivity contribution in [2.24, 2.45) is 0 Å². The van der Waals surface area contributed by atoms with Gasteiger partial charge in [-0.15, -0.1) is 0 Å². The largest absolute Gasteiger partial charge is 0.493 e. The molecule has 1 fully saturated rings. The van der Waals surface area contributed by atoms with Crippen LogP contribution < -0.4 is 19.5 Å². The number of nitrogens with zero attached hydrogens (tertiary/aromatic N) is 5. The van der Waals surface area contributed by atoms with Crippen LogP contribution >= 0.6 is 11.6 Å². The van der Waals surface area contributed by atoms with E-state index in [0.717, 1.165) is 83.0 Å². The lowest BCUT2D eigenvalue weighted by atomic mass is 9.93. The standard InChI is InChI=1S/C40H44ClN7O4/c1-26-29(7-4-8-33(26)34-9-5-10-37(27(34)2)50-16-6-14-48-15-12-32(49)22-48)23-51-39-18-38(52-24-36-28(3)45-25-46-36)30(17-35(39)41)20-43-21-31-11-13-44-40(19-42)47-31/h4-5,7-11,13,17-18,25,32,43,49H,6,12,14-16,20-24H2,1-3H3,(H,45,46)/t32-/m0/s1. The van der Waals surface area contributed by atoms with Gasteiger partial charge in [-0.25, -0.2) is 15.0 Å². The number of hydrogen-bond donors (Lipinski definition) is 3. The molecule has 0 aliphatic carbocycles. The minimum Gasteiger partial charge on any atom is -0.493 e. The maximum atomic E-state index is 9.80. The van der Waals surface area contributed by atoms with Crippen LogP contribution in [0.1, 0.15) is 58.0 Å². The van der Waals surface area contributed by atoms with Crippen molar-refractivity contribution in [3.8, 4) is 34.4 Å². The molecule has 0 bridgehead atoms. The fourth-order valence-electron chi connectivity index (χ4n) is 6.35. The average molecular weight is 722 g/mol. The molecule has 0 radical (unpaired) electrons. The summed E-state index contributed by atoms with van der Waals surface area (Å²) in [6, 6.07) is 19.9. The normalized spacial score (nSPS) is 14.3. The molecule has 1 aliphatic rings. The molecule has 2 aromatic heterocycles. The summed E-state index contributed by atoms with van der Waals surface area (Å²) in [5.74, 6) is 2.13. The van der Waals surface area contributed by atoms with Gasteiger partial charge in [-0.2, -0.15) is 5.26 Å². The van der Waals surface area contributed by atoms with Gasteiger partial charge in [0.05, 0.1) is 35.4 Å². The highest BCUT2D eigenvalue weighted by Gasteiger charge is 2.20. The Hall–Kier alpha value is -4.99. The number of aromatic nitrogens is 4. The first-order valence-electron chi connectivity index (χ1n) is 17.5. The number of imidazole rings is 1. The maximum Gasteiger partial charge on any atom is 0.232 e. The molecule has 1 saturated heterocycles. The summed E-state index contributed by atoms with van der Waals surface area (Å²) in [7, 11) is 0. The average Bonchev–Trinajstić information content (AvgIpc) is 3.77. The molecule has 52 heavy (non-hydrogen) atoms. The summed E-state index contributed by atoms with van der Waals surface area (Å²) in [4.78, 5) is 17.9. The Morgan fingerprint density at radius 1 is 0.942 bits per heavy atom. The van der Waals surface area contributed by atoms with Crippen LogP contribution in [0, 0.1) is 32.1 Å². The highest BCUT2D eigenvalue weighted by atomic mass is 35.5. The number of rotatable bonds is 16. The van der Waals surface area contributed by atoms with Gasteiger partial charge in [-0.1, -0.05) is 41.9 Å². The molecule has 3 N–H and O–H groups in total. The zero-order valence-electron chi connectivity index (χ0n) is 29.8. The molecule has 1 aliphatic heterocycles. The van der Waals surface area contributed by atoms with E-state index in [1.54, 1.807) is 18.6 Å². The second-order valence-corrected chi connectivity index (χ2v) is 13.4. The monoisotopic (exact) mass is 721 g/mol. The Morgan fingerprint density at radius 3 is 2.52 bits per heavy atom. The number of β-amino-alcohol motifs (C(OH)–C–C–N with tert-alkyl or cyclic N) is 1. The smallest absolute Gasteiger partial charge is 0.232 e. The molecule has 11 nitrogen and oxygen atoms in total. The summed E-state index contributed by atoms with van der Waals surface area (Å²) in [5.41, 5.74) is 8.75. The number of aryl methyl sites for hydroxylation is 1. The fraction of sp³-hybridized carbons (Fsp3) is 0.350. The van der Waals surface area contributed by atoms with Gasteiger partial charge in [-0.3, -0.25) is 0 Å². The van der Waals surface area contributed by atoms with Crippen molar-refractivity contribution in [2.75, 3.05) is 26.2 Å². The van der Waals surface area contributed by atoms with Crippen LogP contribution in [-0.4, -0.2) is 62.3 Å². The Bertz CT molecular complexity index is 2030. The molecule has 6 rings (SSSR count). The van der Waals surface area contributed by atoms with Gasteiger partial charge in [0.2, 0.25) is 5.82 Å². The zero-order chi connectivity index (χ0) is 36.5. The number of likely N-dealkylation sites (tertiary alicyclic amines) is 1. The highest BCUT2D eigenvalue weighted by Crippen LogP contribution is 2.36. The minimum atomic E-state index is -0.202. The first-order chi connectivity index (χ1) is 25.3. The van der Waals surface area contributed by atoms with Crippen molar-refractivity contribution in [2.45, 2.75) is 66.0 Å². The topological polar surface area (TPSA) is 141 Å². The number of aliphatic hydroxyl groups excluding tert-OH is 1. The van der Waals surface area contributed by atoms with Crippen LogP contribution in [0.4, 0.5) is 0 Å². The van der Waals surface area contributed by atoms with Crippen LogP contribution in [0.5, 0.6) is 17.2 Å². The number of nitriles is 1. The summed E-state index contributed by atoms with van der Waals surface area (Å²) >= 11 is 6.82. The number of halogens is 1. The second-order valence-electron chi connectivity index (χ2n) is 13.0. The Morgan fingerprint density at radius 2 is 1.75 bits per heavy atom. The van der Waals surface area contributed by atoms with E-state index in [1.165, 1.54) is 0 Å². The SMILES string of the molecule is Cc1[nH]cnc1COc1cc(OCc2cccc(-c3cccc(OCCCN4CC[C@H](O)C4)c3C)c2C)c(Cl)cc1CNCc1ccnc(C#N)n1. The lowest BCUT2D eigenvalue weighted by Gasteiger charge is -2.18. The van der Waals surface area contributed by atoms with Gasteiger partial charge in [0, 0.05) is 56.2 Å². The Kier molecular flexibility index (Phi) is 12.4. The molecule has 0 saturated carbocycles. The number of benzene rings is 3. The number of H-pyrrole nitrogens is 1. The number of aromatic amines is 1. The summed E-state index contributed by atoms with van der Waals surface area (Å²) < 4.78 is 18.9. The summed E-state index contributed by atoms with van der Waals surface area (Å²) in [5, 5.41) is 22.8. The zero-order valence-corrected chi connectivity index (χ0v) is 30.5. The van der Waals surface area contributed by atoms with Gasteiger partial charge in [0.15, 0.2) is 0 Å². The van der Waals surface area contributed by atoms with Crippen molar-refractivity contribution in [1.82, 2.24) is 30.2 Å². The van der Waals surface area contributed by atoms with Crippen LogP contribution in [0.2, 0.25) is 5.02 Å². The van der Waals surface area contributed by atoms with Crippen LogP contribution in [0.25, 0.3) is 11.1 Å². The molecule has 0 amide bonds. The molecule has 3 aromatic carbocycles. The van der Waals surface area contributed by atoms with Crippen molar-refractivity contribution in [3.63, 3.8) is 0 Å².